The molecule has 4 heteroatoms. The van der Waals surface area contributed by atoms with Crippen LogP contribution in [0.15, 0.2) is 18.5 Å². The van der Waals surface area contributed by atoms with Crippen LogP contribution in [0.1, 0.15) is 18.5 Å². The maximum atomic E-state index is 4.35. The zero-order chi connectivity index (χ0) is 10.3. The number of hydrogen-bond acceptors (Lipinski definition) is 3. The molecule has 0 saturated heterocycles. The molecule has 2 aromatic heterocycles. The van der Waals surface area contributed by atoms with Crippen LogP contribution in [-0.4, -0.2) is 21.1 Å². The van der Waals surface area contributed by atoms with E-state index in [0.717, 1.165) is 29.5 Å². The number of nitrogens with zero attached hydrogens (tertiary/aromatic N) is 3. The van der Waals surface area contributed by atoms with E-state index in [1.54, 1.807) is 6.20 Å². The Hall–Kier alpha value is -1.58. The van der Waals surface area contributed by atoms with Gasteiger partial charge in [-0.05, 0) is 31.7 Å². The summed E-state index contributed by atoms with van der Waals surface area (Å²) < 4.78 is 1.87. The maximum Gasteiger partial charge on any atom is 0.152 e. The molecule has 1 fully saturated rings. The molecule has 4 nitrogen and oxygen atoms in total. The molecule has 1 saturated carbocycles. The lowest BCUT2D eigenvalue weighted by Crippen LogP contribution is -2.06. The second-order valence-electron chi connectivity index (χ2n) is 4.22. The van der Waals surface area contributed by atoms with Gasteiger partial charge >= 0.3 is 0 Å². The van der Waals surface area contributed by atoms with Gasteiger partial charge in [-0.25, -0.2) is 9.50 Å². The highest BCUT2D eigenvalue weighted by Gasteiger charge is 2.21. The van der Waals surface area contributed by atoms with Gasteiger partial charge in [0.15, 0.2) is 5.82 Å². The quantitative estimate of drug-likeness (QED) is 0.826. The Bertz CT molecular complexity index is 484. The number of nitrogens with one attached hydrogen (secondary N) is 1. The minimum Gasteiger partial charge on any atom is -0.368 e. The zero-order valence-corrected chi connectivity index (χ0v) is 8.77. The van der Waals surface area contributed by atoms with E-state index >= 15 is 0 Å². The Kier molecular flexibility index (Phi) is 1.87. The summed E-state index contributed by atoms with van der Waals surface area (Å²) in [7, 11) is 0. The Morgan fingerprint density at radius 3 is 3.20 bits per heavy atom. The van der Waals surface area contributed by atoms with Gasteiger partial charge in [0.05, 0.1) is 5.69 Å². The van der Waals surface area contributed by atoms with Gasteiger partial charge in [-0.2, -0.15) is 5.10 Å². The first-order chi connectivity index (χ1) is 7.33. The van der Waals surface area contributed by atoms with Crippen LogP contribution < -0.4 is 5.32 Å². The van der Waals surface area contributed by atoms with Crippen molar-refractivity contribution < 1.29 is 0 Å². The van der Waals surface area contributed by atoms with Crippen molar-refractivity contribution in [2.75, 3.05) is 11.9 Å². The van der Waals surface area contributed by atoms with Crippen molar-refractivity contribution in [1.29, 1.82) is 0 Å². The fourth-order valence-electron chi connectivity index (χ4n) is 1.74. The van der Waals surface area contributed by atoms with Gasteiger partial charge < -0.3 is 5.32 Å². The third-order valence-corrected chi connectivity index (χ3v) is 2.77. The highest BCUT2D eigenvalue weighted by Crippen LogP contribution is 2.29. The first kappa shape index (κ1) is 8.71. The molecule has 0 spiro atoms. The molecule has 2 heterocycles. The van der Waals surface area contributed by atoms with Gasteiger partial charge in [0.1, 0.15) is 5.52 Å². The summed E-state index contributed by atoms with van der Waals surface area (Å²) >= 11 is 0. The van der Waals surface area contributed by atoms with Crippen molar-refractivity contribution in [1.82, 2.24) is 14.6 Å². The number of anilines is 1. The van der Waals surface area contributed by atoms with Crippen LogP contribution in [0.4, 0.5) is 5.82 Å². The maximum absolute atomic E-state index is 4.35. The largest absolute Gasteiger partial charge is 0.368 e. The molecule has 3 rings (SSSR count). The topological polar surface area (TPSA) is 42.2 Å². The molecule has 0 amide bonds. The molecule has 15 heavy (non-hydrogen) atoms. The zero-order valence-electron chi connectivity index (χ0n) is 8.77. The lowest BCUT2D eigenvalue weighted by molar-refractivity contribution is 0.874. The summed E-state index contributed by atoms with van der Waals surface area (Å²) in [6, 6.07) is 2.06. The summed E-state index contributed by atoms with van der Waals surface area (Å²) in [5.41, 5.74) is 2.09. The normalized spacial score (nSPS) is 15.8. The lowest BCUT2D eigenvalue weighted by Gasteiger charge is -2.05. The van der Waals surface area contributed by atoms with Crippen molar-refractivity contribution in [2.45, 2.75) is 19.8 Å². The van der Waals surface area contributed by atoms with Crippen LogP contribution in [0.5, 0.6) is 0 Å². The fraction of sp³-hybridized carbons (Fsp3) is 0.455. The van der Waals surface area contributed by atoms with E-state index in [9.17, 15) is 0 Å². The summed E-state index contributed by atoms with van der Waals surface area (Å²) in [5.74, 6) is 1.81. The smallest absolute Gasteiger partial charge is 0.152 e. The standard InChI is InChI=1S/C11H14N4/c1-8-6-10-11(13-7-9-2-3-9)12-4-5-15(10)14-8/h4-6,9H,2-3,7H2,1H3,(H,12,13). The highest BCUT2D eigenvalue weighted by atomic mass is 15.2. The van der Waals surface area contributed by atoms with Gasteiger partial charge in [-0.1, -0.05) is 0 Å². The molecule has 78 valence electrons. The van der Waals surface area contributed by atoms with Crippen molar-refractivity contribution >= 4 is 11.3 Å². The number of hydrogen-bond donors (Lipinski definition) is 1. The average Bonchev–Trinajstić information content (AvgIpc) is 2.96. The molecule has 0 aliphatic heterocycles. The van der Waals surface area contributed by atoms with E-state index < -0.39 is 0 Å². The average molecular weight is 202 g/mol. The first-order valence-corrected chi connectivity index (χ1v) is 5.38. The van der Waals surface area contributed by atoms with Gasteiger partial charge in [0, 0.05) is 18.9 Å². The molecular weight excluding hydrogens is 188 g/mol. The van der Waals surface area contributed by atoms with Crippen molar-refractivity contribution in [2.24, 2.45) is 5.92 Å². The first-order valence-electron chi connectivity index (χ1n) is 5.38. The molecule has 0 bridgehead atoms. The third-order valence-electron chi connectivity index (χ3n) is 2.77. The molecule has 1 aliphatic rings. The Labute approximate surface area is 88.3 Å². The van der Waals surface area contributed by atoms with E-state index in [-0.39, 0.29) is 0 Å². The fourth-order valence-corrected chi connectivity index (χ4v) is 1.74. The number of aryl methyl sites for hydroxylation is 1. The summed E-state index contributed by atoms with van der Waals surface area (Å²) in [6.07, 6.45) is 6.38. The molecule has 2 aromatic rings. The summed E-state index contributed by atoms with van der Waals surface area (Å²) in [4.78, 5) is 4.35. The van der Waals surface area contributed by atoms with Gasteiger partial charge in [-0.15, -0.1) is 0 Å². The van der Waals surface area contributed by atoms with Crippen molar-refractivity contribution in [3.05, 3.63) is 24.2 Å². The van der Waals surface area contributed by atoms with E-state index in [1.807, 2.05) is 17.6 Å². The Balaban J connectivity index is 1.93. The second kappa shape index (κ2) is 3.22. The van der Waals surface area contributed by atoms with Crippen LogP contribution in [0.2, 0.25) is 0 Å². The predicted molar refractivity (Wildman–Crippen MR) is 58.9 cm³/mol. The number of fused-ring (bicyclic) bond motifs is 1. The van der Waals surface area contributed by atoms with Crippen molar-refractivity contribution in [3.8, 4) is 0 Å². The molecule has 0 aromatic carbocycles. The van der Waals surface area contributed by atoms with Crippen LogP contribution in [0.25, 0.3) is 5.52 Å². The van der Waals surface area contributed by atoms with Gasteiger partial charge in [-0.3, -0.25) is 0 Å². The number of rotatable bonds is 3. The Morgan fingerprint density at radius 2 is 2.40 bits per heavy atom. The van der Waals surface area contributed by atoms with E-state index in [2.05, 4.69) is 21.5 Å². The summed E-state index contributed by atoms with van der Waals surface area (Å²) in [5, 5.41) is 7.74. The Morgan fingerprint density at radius 1 is 1.53 bits per heavy atom. The monoisotopic (exact) mass is 202 g/mol. The van der Waals surface area contributed by atoms with E-state index in [1.165, 1.54) is 12.8 Å². The minimum atomic E-state index is 0.857. The SMILES string of the molecule is Cc1cc2c(NCC3CC3)nccn2n1. The van der Waals surface area contributed by atoms with Crippen LogP contribution in [0, 0.1) is 12.8 Å². The van der Waals surface area contributed by atoms with Gasteiger partial charge in [0.25, 0.3) is 0 Å². The predicted octanol–water partition coefficient (Wildman–Crippen LogP) is 1.86. The van der Waals surface area contributed by atoms with Crippen molar-refractivity contribution in [3.63, 3.8) is 0 Å². The highest BCUT2D eigenvalue weighted by molar-refractivity contribution is 5.67. The molecule has 1 N–H and O–H groups in total. The van der Waals surface area contributed by atoms with Gasteiger partial charge in [0.2, 0.25) is 0 Å². The molecular formula is C11H14N4. The molecule has 1 aliphatic carbocycles. The van der Waals surface area contributed by atoms with E-state index in [4.69, 9.17) is 0 Å². The van der Waals surface area contributed by atoms with Crippen LogP contribution >= 0.6 is 0 Å². The second-order valence-corrected chi connectivity index (χ2v) is 4.22. The lowest BCUT2D eigenvalue weighted by atomic mass is 10.4. The molecule has 0 atom stereocenters. The third kappa shape index (κ3) is 1.67. The van der Waals surface area contributed by atoms with E-state index in [0.29, 0.717) is 0 Å². The molecule has 0 radical (unpaired) electrons. The molecule has 0 unspecified atom stereocenters. The van der Waals surface area contributed by atoms with Crippen LogP contribution in [-0.2, 0) is 0 Å². The number of aromatic nitrogens is 3. The minimum absolute atomic E-state index is 0.857. The summed E-state index contributed by atoms with van der Waals surface area (Å²) in [6.45, 7) is 3.04. The van der Waals surface area contributed by atoms with Crippen LogP contribution in [0.3, 0.4) is 0 Å².